The van der Waals surface area contributed by atoms with Crippen LogP contribution in [0.3, 0.4) is 0 Å². The summed E-state index contributed by atoms with van der Waals surface area (Å²) in [6.07, 6.45) is 13.7. The molecule has 0 heterocycles. The van der Waals surface area contributed by atoms with E-state index in [1.54, 1.807) is 0 Å². The first-order valence-electron chi connectivity index (χ1n) is 8.20. The van der Waals surface area contributed by atoms with Crippen LogP contribution in [0.2, 0.25) is 0 Å². The van der Waals surface area contributed by atoms with Gasteiger partial charge in [-0.1, -0.05) is 32.6 Å². The Morgan fingerprint density at radius 1 is 0.944 bits per heavy atom. The predicted octanol–water partition coefficient (Wildman–Crippen LogP) is 3.55. The van der Waals surface area contributed by atoms with Crippen LogP contribution in [0.15, 0.2) is 0 Å². The summed E-state index contributed by atoms with van der Waals surface area (Å²) in [5.74, 6) is 0.998. The summed E-state index contributed by atoms with van der Waals surface area (Å²) in [6.45, 7) is 2.34. The van der Waals surface area contributed by atoms with E-state index in [1.165, 1.54) is 64.2 Å². The first-order valence-corrected chi connectivity index (χ1v) is 8.20. The molecular weight excluding hydrogens is 220 g/mol. The largest absolute Gasteiger partial charge is 0.326 e. The highest BCUT2D eigenvalue weighted by molar-refractivity contribution is 4.88. The van der Waals surface area contributed by atoms with E-state index < -0.39 is 0 Å². The van der Waals surface area contributed by atoms with Crippen molar-refractivity contribution in [2.45, 2.75) is 89.3 Å². The average molecular weight is 252 g/mol. The molecule has 0 radical (unpaired) electrons. The molecular formula is C16H32N2. The molecule has 2 nitrogen and oxygen atoms in total. The molecule has 0 aromatic carbocycles. The van der Waals surface area contributed by atoms with E-state index in [-0.39, 0.29) is 0 Å². The summed E-state index contributed by atoms with van der Waals surface area (Å²) in [5, 5.41) is 0. The van der Waals surface area contributed by atoms with Crippen LogP contribution in [0.25, 0.3) is 0 Å². The third kappa shape index (κ3) is 3.48. The molecule has 2 rings (SSSR count). The monoisotopic (exact) mass is 252 g/mol. The molecule has 2 fully saturated rings. The van der Waals surface area contributed by atoms with Gasteiger partial charge in [0, 0.05) is 18.1 Å². The molecule has 0 saturated heterocycles. The van der Waals surface area contributed by atoms with E-state index in [0.717, 1.165) is 12.0 Å². The second-order valence-electron chi connectivity index (χ2n) is 6.62. The first-order chi connectivity index (χ1) is 8.72. The summed E-state index contributed by atoms with van der Waals surface area (Å²) in [5.41, 5.74) is 6.40. The minimum atomic E-state index is 0.418. The van der Waals surface area contributed by atoms with Gasteiger partial charge in [-0.05, 0) is 51.5 Å². The molecule has 2 heteroatoms. The second-order valence-corrected chi connectivity index (χ2v) is 6.62. The fraction of sp³-hybridized carbons (Fsp3) is 1.00. The number of likely N-dealkylation sites (N-methyl/N-ethyl adjacent to an activating group) is 1. The van der Waals surface area contributed by atoms with E-state index in [4.69, 9.17) is 5.73 Å². The standard InChI is InChI=1S/C16H32N2/c1-3-13-9-11-14(12-10-13)18(2)16-8-6-4-5-7-15(16)17/h13-16H,3-12,17H2,1-2H3. The number of rotatable bonds is 3. The zero-order valence-corrected chi connectivity index (χ0v) is 12.4. The second kappa shape index (κ2) is 6.91. The summed E-state index contributed by atoms with van der Waals surface area (Å²) in [6, 6.07) is 1.87. The third-order valence-electron chi connectivity index (χ3n) is 5.52. The van der Waals surface area contributed by atoms with Gasteiger partial charge in [-0.15, -0.1) is 0 Å². The van der Waals surface area contributed by atoms with Gasteiger partial charge >= 0.3 is 0 Å². The Hall–Kier alpha value is -0.0800. The molecule has 0 aromatic rings. The van der Waals surface area contributed by atoms with Crippen LogP contribution in [0.1, 0.15) is 71.1 Å². The van der Waals surface area contributed by atoms with E-state index in [9.17, 15) is 0 Å². The Labute approximate surface area is 113 Å². The molecule has 18 heavy (non-hydrogen) atoms. The molecule has 0 aromatic heterocycles. The lowest BCUT2D eigenvalue weighted by Gasteiger charge is -2.41. The summed E-state index contributed by atoms with van der Waals surface area (Å²) in [7, 11) is 2.34. The molecule has 2 aliphatic rings. The third-order valence-corrected chi connectivity index (χ3v) is 5.52. The average Bonchev–Trinajstić information content (AvgIpc) is 2.63. The Bertz CT molecular complexity index is 233. The quantitative estimate of drug-likeness (QED) is 0.778. The minimum Gasteiger partial charge on any atom is -0.326 e. The van der Waals surface area contributed by atoms with Crippen molar-refractivity contribution in [3.8, 4) is 0 Å². The van der Waals surface area contributed by atoms with Crippen LogP contribution in [0.5, 0.6) is 0 Å². The zero-order valence-electron chi connectivity index (χ0n) is 12.4. The van der Waals surface area contributed by atoms with Gasteiger partial charge in [-0.25, -0.2) is 0 Å². The summed E-state index contributed by atoms with van der Waals surface area (Å²) < 4.78 is 0. The zero-order chi connectivity index (χ0) is 13.0. The SMILES string of the molecule is CCC1CCC(N(C)C2CCCCCC2N)CC1. The van der Waals surface area contributed by atoms with Gasteiger partial charge in [0.2, 0.25) is 0 Å². The van der Waals surface area contributed by atoms with Crippen LogP contribution in [-0.4, -0.2) is 30.1 Å². The highest BCUT2D eigenvalue weighted by Crippen LogP contribution is 2.31. The normalized spacial score (nSPS) is 38.7. The highest BCUT2D eigenvalue weighted by atomic mass is 15.2. The maximum absolute atomic E-state index is 6.40. The van der Waals surface area contributed by atoms with Crippen molar-refractivity contribution in [1.29, 1.82) is 0 Å². The van der Waals surface area contributed by atoms with Gasteiger partial charge in [0.05, 0.1) is 0 Å². The lowest BCUT2D eigenvalue weighted by molar-refractivity contribution is 0.100. The van der Waals surface area contributed by atoms with E-state index in [0.29, 0.717) is 12.1 Å². The van der Waals surface area contributed by atoms with Crippen molar-refractivity contribution in [2.75, 3.05) is 7.05 Å². The van der Waals surface area contributed by atoms with E-state index in [2.05, 4.69) is 18.9 Å². The lowest BCUT2D eigenvalue weighted by atomic mass is 9.83. The number of hydrogen-bond acceptors (Lipinski definition) is 2. The van der Waals surface area contributed by atoms with Crippen molar-refractivity contribution in [3.63, 3.8) is 0 Å². The molecule has 2 aliphatic carbocycles. The van der Waals surface area contributed by atoms with Gasteiger partial charge < -0.3 is 5.73 Å². The molecule has 0 spiro atoms. The van der Waals surface area contributed by atoms with Crippen LogP contribution >= 0.6 is 0 Å². The van der Waals surface area contributed by atoms with Crippen LogP contribution < -0.4 is 5.73 Å². The van der Waals surface area contributed by atoms with Crippen molar-refractivity contribution < 1.29 is 0 Å². The van der Waals surface area contributed by atoms with E-state index >= 15 is 0 Å². The van der Waals surface area contributed by atoms with Crippen LogP contribution in [0.4, 0.5) is 0 Å². The topological polar surface area (TPSA) is 29.3 Å². The van der Waals surface area contributed by atoms with Crippen molar-refractivity contribution in [1.82, 2.24) is 4.90 Å². The van der Waals surface area contributed by atoms with Gasteiger partial charge in [0.15, 0.2) is 0 Å². The Morgan fingerprint density at radius 3 is 2.28 bits per heavy atom. The molecule has 106 valence electrons. The van der Waals surface area contributed by atoms with E-state index in [1.807, 2.05) is 0 Å². The van der Waals surface area contributed by atoms with Gasteiger partial charge in [0.25, 0.3) is 0 Å². The summed E-state index contributed by atoms with van der Waals surface area (Å²) >= 11 is 0. The van der Waals surface area contributed by atoms with Crippen LogP contribution in [-0.2, 0) is 0 Å². The fourth-order valence-corrected chi connectivity index (χ4v) is 4.05. The minimum absolute atomic E-state index is 0.418. The molecule has 0 bridgehead atoms. The molecule has 2 unspecified atom stereocenters. The maximum Gasteiger partial charge on any atom is 0.0247 e. The van der Waals surface area contributed by atoms with Crippen LogP contribution in [0, 0.1) is 5.92 Å². The Morgan fingerprint density at radius 2 is 1.61 bits per heavy atom. The predicted molar refractivity (Wildman–Crippen MR) is 78.6 cm³/mol. The highest BCUT2D eigenvalue weighted by Gasteiger charge is 2.30. The summed E-state index contributed by atoms with van der Waals surface area (Å²) in [4.78, 5) is 2.65. The molecule has 0 amide bonds. The first kappa shape index (κ1) is 14.3. The fourth-order valence-electron chi connectivity index (χ4n) is 4.05. The Kier molecular flexibility index (Phi) is 5.50. The number of hydrogen-bond donors (Lipinski definition) is 1. The lowest BCUT2D eigenvalue weighted by Crippen LogP contribution is -2.50. The Balaban J connectivity index is 1.87. The smallest absolute Gasteiger partial charge is 0.0247 e. The van der Waals surface area contributed by atoms with Crippen molar-refractivity contribution >= 4 is 0 Å². The molecule has 2 saturated carbocycles. The molecule has 0 aliphatic heterocycles. The maximum atomic E-state index is 6.40. The van der Waals surface area contributed by atoms with Crippen molar-refractivity contribution in [2.24, 2.45) is 11.7 Å². The number of nitrogens with two attached hydrogens (primary N) is 1. The van der Waals surface area contributed by atoms with Gasteiger partial charge in [-0.3, -0.25) is 4.90 Å². The van der Waals surface area contributed by atoms with Gasteiger partial charge in [0.1, 0.15) is 0 Å². The molecule has 2 atom stereocenters. The molecule has 2 N–H and O–H groups in total. The number of nitrogens with zero attached hydrogens (tertiary/aromatic N) is 1. The van der Waals surface area contributed by atoms with Crippen molar-refractivity contribution in [3.05, 3.63) is 0 Å². The van der Waals surface area contributed by atoms with Gasteiger partial charge in [-0.2, -0.15) is 0 Å².